The van der Waals surface area contributed by atoms with Crippen LogP contribution in [0.5, 0.6) is 0 Å². The molecule has 1 heterocycles. The van der Waals surface area contributed by atoms with E-state index >= 15 is 0 Å². The first kappa shape index (κ1) is 33.4. The number of rotatable bonds is 8. The first-order valence-corrected chi connectivity index (χ1v) is 19.5. The highest BCUT2D eigenvalue weighted by Gasteiger charge is 2.22. The molecule has 1 aliphatic carbocycles. The van der Waals surface area contributed by atoms with Crippen molar-refractivity contribution in [3.05, 3.63) is 230 Å². The maximum atomic E-state index is 2.49. The summed E-state index contributed by atoms with van der Waals surface area (Å²) in [4.78, 5) is 2.49. The van der Waals surface area contributed by atoms with Crippen molar-refractivity contribution in [2.75, 3.05) is 4.90 Å². The fraction of sp³-hybridized carbons (Fsp3) is 0.0370. The Morgan fingerprint density at radius 1 is 0.393 bits per heavy atom. The van der Waals surface area contributed by atoms with Crippen molar-refractivity contribution in [1.29, 1.82) is 0 Å². The van der Waals surface area contributed by atoms with Gasteiger partial charge in [0, 0.05) is 27.7 Å². The Morgan fingerprint density at radius 3 is 1.39 bits per heavy atom. The van der Waals surface area contributed by atoms with Crippen LogP contribution in [0.1, 0.15) is 12.0 Å². The summed E-state index contributed by atoms with van der Waals surface area (Å²) in [7, 11) is 0. The summed E-state index contributed by atoms with van der Waals surface area (Å²) in [6, 6.07) is 74.7. The van der Waals surface area contributed by atoms with Crippen molar-refractivity contribution in [2.24, 2.45) is 0 Å². The normalized spacial score (nSPS) is 13.9. The lowest BCUT2D eigenvalue weighted by Gasteiger charge is -2.33. The average Bonchev–Trinajstić information content (AvgIpc) is 3.62. The van der Waals surface area contributed by atoms with Crippen LogP contribution >= 0.6 is 0 Å². The van der Waals surface area contributed by atoms with Crippen LogP contribution in [0.3, 0.4) is 0 Å². The number of hydrogen-bond acceptors (Lipinski definition) is 1. The Morgan fingerprint density at radius 2 is 0.839 bits per heavy atom. The molecule has 8 aromatic carbocycles. The summed E-state index contributed by atoms with van der Waals surface area (Å²) in [5.41, 5.74) is 15.7. The Labute approximate surface area is 328 Å². The van der Waals surface area contributed by atoms with Gasteiger partial charge in [0.05, 0.1) is 22.8 Å². The molecule has 1 aromatic heterocycles. The van der Waals surface area contributed by atoms with Crippen molar-refractivity contribution in [1.82, 2.24) is 4.57 Å². The molecular weight excluding hydrogens is 677 g/mol. The molecule has 2 nitrogen and oxygen atoms in total. The number of hydrogen-bond donors (Lipinski definition) is 0. The molecule has 0 radical (unpaired) electrons. The number of nitrogens with zero attached hydrogens (tertiary/aromatic N) is 2. The third-order valence-electron chi connectivity index (χ3n) is 11.2. The van der Waals surface area contributed by atoms with Crippen molar-refractivity contribution in [2.45, 2.75) is 12.5 Å². The van der Waals surface area contributed by atoms with Gasteiger partial charge in [0.1, 0.15) is 0 Å². The quantitative estimate of drug-likeness (QED) is 0.152. The van der Waals surface area contributed by atoms with E-state index in [4.69, 9.17) is 0 Å². The lowest BCUT2D eigenvalue weighted by molar-refractivity contribution is 0.787. The number of benzene rings is 8. The van der Waals surface area contributed by atoms with Gasteiger partial charge in [-0.2, -0.15) is 0 Å². The Kier molecular flexibility index (Phi) is 8.70. The molecular formula is C54H40N2. The molecule has 1 atom stereocenters. The highest BCUT2D eigenvalue weighted by molar-refractivity contribution is 6.09. The smallest absolute Gasteiger partial charge is 0.0560 e. The zero-order valence-corrected chi connectivity index (χ0v) is 31.0. The molecule has 9 aromatic rings. The van der Waals surface area contributed by atoms with E-state index in [0.29, 0.717) is 0 Å². The molecule has 0 aliphatic heterocycles. The van der Waals surface area contributed by atoms with Crippen molar-refractivity contribution >= 4 is 38.8 Å². The molecule has 1 aliphatic rings. The second kappa shape index (κ2) is 14.6. The fourth-order valence-corrected chi connectivity index (χ4v) is 8.37. The molecule has 10 rings (SSSR count). The lowest BCUT2D eigenvalue weighted by Crippen LogP contribution is -2.30. The van der Waals surface area contributed by atoms with Crippen LogP contribution in [0.25, 0.3) is 66.4 Å². The van der Waals surface area contributed by atoms with Gasteiger partial charge in [0.2, 0.25) is 0 Å². The lowest BCUT2D eigenvalue weighted by atomic mass is 9.95. The topological polar surface area (TPSA) is 8.17 Å². The van der Waals surface area contributed by atoms with Crippen LogP contribution in [0.4, 0.5) is 11.4 Å². The Hall–Kier alpha value is -7.16. The zero-order valence-electron chi connectivity index (χ0n) is 31.0. The summed E-state index contributed by atoms with van der Waals surface area (Å²) < 4.78 is 2.42. The number of aromatic nitrogens is 1. The van der Waals surface area contributed by atoms with Gasteiger partial charge in [-0.25, -0.2) is 0 Å². The van der Waals surface area contributed by atoms with Gasteiger partial charge in [-0.3, -0.25) is 0 Å². The van der Waals surface area contributed by atoms with E-state index in [-0.39, 0.29) is 6.04 Å². The van der Waals surface area contributed by atoms with Crippen molar-refractivity contribution in [3.63, 3.8) is 0 Å². The number of para-hydroxylation sites is 3. The van der Waals surface area contributed by atoms with Gasteiger partial charge >= 0.3 is 0 Å². The summed E-state index contributed by atoms with van der Waals surface area (Å²) in [5, 5.41) is 2.54. The first-order valence-electron chi connectivity index (χ1n) is 19.5. The van der Waals surface area contributed by atoms with Crippen LogP contribution in [0, 0.1) is 0 Å². The number of anilines is 2. The molecule has 0 spiro atoms. The maximum absolute atomic E-state index is 2.49. The van der Waals surface area contributed by atoms with Crippen molar-refractivity contribution in [3.8, 4) is 39.1 Å². The van der Waals surface area contributed by atoms with Crippen molar-refractivity contribution < 1.29 is 0 Å². The highest BCUT2D eigenvalue weighted by atomic mass is 15.2. The van der Waals surface area contributed by atoms with Crippen LogP contribution < -0.4 is 4.90 Å². The molecule has 0 N–H and O–H groups in total. The summed E-state index contributed by atoms with van der Waals surface area (Å²) in [5.74, 6) is 0. The maximum Gasteiger partial charge on any atom is 0.0560 e. The van der Waals surface area contributed by atoms with Gasteiger partial charge in [0.15, 0.2) is 0 Å². The minimum atomic E-state index is 0.161. The van der Waals surface area contributed by atoms with Gasteiger partial charge in [-0.1, -0.05) is 182 Å². The minimum Gasteiger partial charge on any atom is -0.334 e. The van der Waals surface area contributed by atoms with E-state index in [1.165, 1.54) is 77.7 Å². The van der Waals surface area contributed by atoms with E-state index in [2.05, 4.69) is 234 Å². The van der Waals surface area contributed by atoms with Gasteiger partial charge < -0.3 is 9.47 Å². The van der Waals surface area contributed by atoms with Gasteiger partial charge in [-0.05, 0) is 87.8 Å². The molecule has 0 fully saturated rings. The summed E-state index contributed by atoms with van der Waals surface area (Å²) >= 11 is 0. The third-order valence-corrected chi connectivity index (χ3v) is 11.2. The number of allylic oxidation sites excluding steroid dienone is 2. The van der Waals surface area contributed by atoms with Crippen LogP contribution in [-0.4, -0.2) is 10.6 Å². The van der Waals surface area contributed by atoms with Crippen LogP contribution in [-0.2, 0) is 0 Å². The molecule has 56 heavy (non-hydrogen) atoms. The fourth-order valence-electron chi connectivity index (χ4n) is 8.37. The summed E-state index contributed by atoms with van der Waals surface area (Å²) in [6.45, 7) is 0. The van der Waals surface area contributed by atoms with E-state index in [1.807, 2.05) is 0 Å². The molecule has 2 heteroatoms. The van der Waals surface area contributed by atoms with Crippen LogP contribution in [0.15, 0.2) is 224 Å². The monoisotopic (exact) mass is 716 g/mol. The molecule has 0 amide bonds. The van der Waals surface area contributed by atoms with Gasteiger partial charge in [-0.15, -0.1) is 0 Å². The van der Waals surface area contributed by atoms with E-state index < -0.39 is 0 Å². The average molecular weight is 717 g/mol. The number of fused-ring (bicyclic) bond motifs is 3. The van der Waals surface area contributed by atoms with Crippen LogP contribution in [0.2, 0.25) is 0 Å². The standard InChI is InChI=1S/C54H40N2/c1-3-13-39(14-4-1)41-23-25-42(26-24-41)44-29-35-47(36-30-44)55(46-33-27-43(28-34-46)40-15-5-2-6-16-40)48-37-31-45(32-38-48)49-17-7-10-20-52(49)56-53-21-11-8-18-50(53)51-19-9-12-22-54(51)56/h1-33,35-38,46H,34H2. The SMILES string of the molecule is C1=CC(N(c2ccc(-c3ccc(-c4ccccc4)cc3)cc2)c2ccc(-c3ccccc3-n3c4ccccc4c4ccccc43)cc2)CC=C1c1ccccc1. The molecule has 0 saturated carbocycles. The molecule has 0 saturated heterocycles. The van der Waals surface area contributed by atoms with E-state index in [0.717, 1.165) is 12.1 Å². The minimum absolute atomic E-state index is 0.161. The largest absolute Gasteiger partial charge is 0.334 e. The second-order valence-electron chi connectivity index (χ2n) is 14.5. The molecule has 266 valence electrons. The van der Waals surface area contributed by atoms with E-state index in [1.54, 1.807) is 0 Å². The molecule has 1 unspecified atom stereocenters. The Bertz CT molecular complexity index is 2790. The summed E-state index contributed by atoms with van der Waals surface area (Å²) in [6.07, 6.45) is 7.94. The molecule has 0 bridgehead atoms. The predicted molar refractivity (Wildman–Crippen MR) is 238 cm³/mol. The zero-order chi connectivity index (χ0) is 37.3. The third kappa shape index (κ3) is 6.22. The second-order valence-corrected chi connectivity index (χ2v) is 14.5. The van der Waals surface area contributed by atoms with E-state index in [9.17, 15) is 0 Å². The highest BCUT2D eigenvalue weighted by Crippen LogP contribution is 2.39. The Balaban J connectivity index is 1.00. The first-order chi connectivity index (χ1) is 27.8. The van der Waals surface area contributed by atoms with Gasteiger partial charge in [0.25, 0.3) is 0 Å². The predicted octanol–water partition coefficient (Wildman–Crippen LogP) is 14.3.